The van der Waals surface area contributed by atoms with Crippen molar-refractivity contribution in [3.8, 4) is 11.5 Å². The van der Waals surface area contributed by atoms with Gasteiger partial charge in [-0.3, -0.25) is 9.59 Å². The summed E-state index contributed by atoms with van der Waals surface area (Å²) in [5.74, 6) is -0.219. The van der Waals surface area contributed by atoms with Gasteiger partial charge in [0.2, 0.25) is 0 Å². The lowest BCUT2D eigenvalue weighted by Gasteiger charge is -2.06. The number of benzene rings is 3. The predicted octanol–water partition coefficient (Wildman–Crippen LogP) is 3.49. The smallest absolute Gasteiger partial charge is 0.343 e. The summed E-state index contributed by atoms with van der Waals surface area (Å²) >= 11 is 0. The van der Waals surface area contributed by atoms with Gasteiger partial charge in [0.15, 0.2) is 0 Å². The monoisotopic (exact) mass is 459 g/mol. The Hall–Kier alpha value is -4.46. The number of rotatable bonds is 9. The van der Waals surface area contributed by atoms with Crippen molar-refractivity contribution in [2.24, 2.45) is 5.10 Å². The van der Waals surface area contributed by atoms with Gasteiger partial charge in [0.05, 0.1) is 24.9 Å². The van der Waals surface area contributed by atoms with E-state index in [1.165, 1.54) is 6.21 Å². The number of hydrazone groups is 1. The van der Waals surface area contributed by atoms with Crippen LogP contribution in [0.3, 0.4) is 0 Å². The molecule has 0 bridgehead atoms. The first-order valence-electron chi connectivity index (χ1n) is 10.7. The number of ether oxygens (including phenoxy) is 2. The van der Waals surface area contributed by atoms with Gasteiger partial charge in [-0.15, -0.1) is 0 Å². The largest absolute Gasteiger partial charge is 0.494 e. The van der Waals surface area contributed by atoms with Gasteiger partial charge in [-0.1, -0.05) is 17.7 Å². The maximum atomic E-state index is 12.3. The molecule has 0 aliphatic heterocycles. The van der Waals surface area contributed by atoms with Crippen LogP contribution in [0.4, 0.5) is 0 Å². The summed E-state index contributed by atoms with van der Waals surface area (Å²) in [6.07, 6.45) is 1.44. The fourth-order valence-electron chi connectivity index (χ4n) is 2.91. The summed E-state index contributed by atoms with van der Waals surface area (Å²) < 4.78 is 10.7. The molecule has 0 heterocycles. The summed E-state index contributed by atoms with van der Waals surface area (Å²) in [6, 6.07) is 20.4. The predicted molar refractivity (Wildman–Crippen MR) is 128 cm³/mol. The average Bonchev–Trinajstić information content (AvgIpc) is 2.84. The quantitative estimate of drug-likeness (QED) is 0.221. The Bertz CT molecular complexity index is 1170. The van der Waals surface area contributed by atoms with Crippen LogP contribution < -0.4 is 20.2 Å². The van der Waals surface area contributed by atoms with E-state index in [9.17, 15) is 14.4 Å². The third-order valence-electron chi connectivity index (χ3n) is 4.58. The fraction of sp³-hybridized carbons (Fsp3) is 0.154. The minimum absolute atomic E-state index is 0.204. The lowest BCUT2D eigenvalue weighted by Crippen LogP contribution is -2.34. The molecule has 0 spiro atoms. The molecule has 0 aliphatic rings. The number of amides is 2. The van der Waals surface area contributed by atoms with Gasteiger partial charge in [-0.25, -0.2) is 10.2 Å². The molecule has 0 aromatic heterocycles. The zero-order chi connectivity index (χ0) is 24.3. The van der Waals surface area contributed by atoms with E-state index in [0.717, 1.165) is 5.56 Å². The first kappa shape index (κ1) is 24.2. The standard InChI is InChI=1S/C26H25N3O5/c1-3-33-22-13-9-20(10-14-22)26(32)34-23-11-7-19(8-12-23)16-28-29-24(30)17-27-25(31)21-6-4-5-18(2)15-21/h4-16H,3,17H2,1-2H3,(H,27,31)(H,29,30). The van der Waals surface area contributed by atoms with Gasteiger partial charge in [-0.2, -0.15) is 5.10 Å². The number of aryl methyl sites for hydroxylation is 1. The van der Waals surface area contributed by atoms with Gasteiger partial charge >= 0.3 is 5.97 Å². The van der Waals surface area contributed by atoms with Crippen molar-refractivity contribution < 1.29 is 23.9 Å². The van der Waals surface area contributed by atoms with Gasteiger partial charge in [0, 0.05) is 5.56 Å². The first-order valence-corrected chi connectivity index (χ1v) is 10.7. The highest BCUT2D eigenvalue weighted by molar-refractivity contribution is 5.96. The van der Waals surface area contributed by atoms with Crippen molar-refractivity contribution >= 4 is 24.0 Å². The molecule has 0 radical (unpaired) electrons. The second-order valence-corrected chi connectivity index (χ2v) is 7.26. The van der Waals surface area contributed by atoms with E-state index in [2.05, 4.69) is 15.8 Å². The van der Waals surface area contributed by atoms with Crippen LogP contribution in [0, 0.1) is 6.92 Å². The molecule has 0 fully saturated rings. The van der Waals surface area contributed by atoms with Crippen LogP contribution in [0.15, 0.2) is 77.9 Å². The maximum Gasteiger partial charge on any atom is 0.343 e. The minimum atomic E-state index is -0.482. The van der Waals surface area contributed by atoms with Crippen LogP contribution in [0.25, 0.3) is 0 Å². The second kappa shape index (κ2) is 12.0. The molecule has 0 aliphatic carbocycles. The molecule has 8 nitrogen and oxygen atoms in total. The summed E-state index contributed by atoms with van der Waals surface area (Å²) in [5.41, 5.74) is 4.89. The molecule has 2 N–H and O–H groups in total. The van der Waals surface area contributed by atoms with Crippen LogP contribution in [0.2, 0.25) is 0 Å². The highest BCUT2D eigenvalue weighted by atomic mass is 16.5. The van der Waals surface area contributed by atoms with Crippen LogP contribution >= 0.6 is 0 Å². The van der Waals surface area contributed by atoms with Crippen molar-refractivity contribution in [2.75, 3.05) is 13.2 Å². The van der Waals surface area contributed by atoms with E-state index >= 15 is 0 Å². The number of esters is 1. The molecule has 2 amide bonds. The summed E-state index contributed by atoms with van der Waals surface area (Å²) in [5, 5.41) is 6.42. The fourth-order valence-corrected chi connectivity index (χ4v) is 2.91. The van der Waals surface area contributed by atoms with Crippen molar-refractivity contribution in [1.82, 2.24) is 10.7 Å². The van der Waals surface area contributed by atoms with Crippen LogP contribution in [0.5, 0.6) is 11.5 Å². The number of hydrogen-bond donors (Lipinski definition) is 2. The topological polar surface area (TPSA) is 106 Å². The summed E-state index contributed by atoms with van der Waals surface area (Å²) in [7, 11) is 0. The molecule has 174 valence electrons. The Morgan fingerprint density at radius 1 is 0.912 bits per heavy atom. The van der Waals surface area contributed by atoms with Gasteiger partial charge in [-0.05, 0) is 80.1 Å². The molecule has 8 heteroatoms. The van der Waals surface area contributed by atoms with Crippen molar-refractivity contribution in [1.29, 1.82) is 0 Å². The third-order valence-corrected chi connectivity index (χ3v) is 4.58. The molecule has 3 aromatic rings. The van der Waals surface area contributed by atoms with E-state index < -0.39 is 11.9 Å². The highest BCUT2D eigenvalue weighted by Crippen LogP contribution is 2.16. The van der Waals surface area contributed by atoms with E-state index in [0.29, 0.717) is 34.8 Å². The molecule has 34 heavy (non-hydrogen) atoms. The average molecular weight is 460 g/mol. The SMILES string of the molecule is CCOc1ccc(C(=O)Oc2ccc(C=NNC(=O)CNC(=O)c3cccc(C)c3)cc2)cc1. The Morgan fingerprint density at radius 2 is 1.62 bits per heavy atom. The number of carbonyl (C=O) groups is 3. The normalized spacial score (nSPS) is 10.5. The van der Waals surface area contributed by atoms with Crippen LogP contribution in [0.1, 0.15) is 38.8 Å². The van der Waals surface area contributed by atoms with Crippen molar-refractivity contribution in [3.63, 3.8) is 0 Å². The Balaban J connectivity index is 1.44. The molecule has 0 unspecified atom stereocenters. The Labute approximate surface area is 197 Å². The summed E-state index contributed by atoms with van der Waals surface area (Å²) in [6.45, 7) is 4.12. The molecule has 0 saturated heterocycles. The lowest BCUT2D eigenvalue weighted by atomic mass is 10.1. The lowest BCUT2D eigenvalue weighted by molar-refractivity contribution is -0.120. The zero-order valence-electron chi connectivity index (χ0n) is 18.9. The van der Waals surface area contributed by atoms with E-state index in [1.54, 1.807) is 66.7 Å². The van der Waals surface area contributed by atoms with Crippen molar-refractivity contribution in [3.05, 3.63) is 95.1 Å². The van der Waals surface area contributed by atoms with E-state index in [1.807, 2.05) is 19.9 Å². The van der Waals surface area contributed by atoms with E-state index in [-0.39, 0.29) is 12.5 Å². The molecule has 3 rings (SSSR count). The first-order chi connectivity index (χ1) is 16.4. The zero-order valence-corrected chi connectivity index (χ0v) is 18.9. The van der Waals surface area contributed by atoms with Gasteiger partial charge < -0.3 is 14.8 Å². The Kier molecular flexibility index (Phi) is 8.51. The number of nitrogens with one attached hydrogen (secondary N) is 2. The Morgan fingerprint density at radius 3 is 2.29 bits per heavy atom. The highest BCUT2D eigenvalue weighted by Gasteiger charge is 2.09. The molecule has 3 aromatic carbocycles. The minimum Gasteiger partial charge on any atom is -0.494 e. The number of hydrogen-bond acceptors (Lipinski definition) is 6. The molecular formula is C26H25N3O5. The molecule has 0 saturated carbocycles. The second-order valence-electron chi connectivity index (χ2n) is 7.26. The third kappa shape index (κ3) is 7.30. The van der Waals surface area contributed by atoms with Crippen LogP contribution in [-0.4, -0.2) is 37.1 Å². The van der Waals surface area contributed by atoms with Gasteiger partial charge in [0.1, 0.15) is 11.5 Å². The maximum absolute atomic E-state index is 12.3. The number of nitrogens with zero attached hydrogens (tertiary/aromatic N) is 1. The van der Waals surface area contributed by atoms with E-state index in [4.69, 9.17) is 9.47 Å². The van der Waals surface area contributed by atoms with Crippen molar-refractivity contribution in [2.45, 2.75) is 13.8 Å². The molecule has 0 atom stereocenters. The number of carbonyl (C=O) groups excluding carboxylic acids is 3. The van der Waals surface area contributed by atoms with Crippen LogP contribution in [-0.2, 0) is 4.79 Å². The summed E-state index contributed by atoms with van der Waals surface area (Å²) in [4.78, 5) is 36.2. The molecular weight excluding hydrogens is 434 g/mol. The van der Waals surface area contributed by atoms with Gasteiger partial charge in [0.25, 0.3) is 11.8 Å².